The largest absolute Gasteiger partial charge is 0.351 e. The Labute approximate surface area is 141 Å². The summed E-state index contributed by atoms with van der Waals surface area (Å²) >= 11 is 12.0. The van der Waals surface area contributed by atoms with E-state index in [9.17, 15) is 4.79 Å². The molecule has 2 amide bonds. The highest BCUT2D eigenvalue weighted by atomic mass is 35.5. The number of rotatable bonds is 5. The van der Waals surface area contributed by atoms with E-state index in [2.05, 4.69) is 23.9 Å². The van der Waals surface area contributed by atoms with E-state index in [1.807, 2.05) is 0 Å². The summed E-state index contributed by atoms with van der Waals surface area (Å²) in [7, 11) is 4.19. The predicted molar refractivity (Wildman–Crippen MR) is 91.9 cm³/mol. The number of hydrogen-bond donors (Lipinski definition) is 1. The minimum Gasteiger partial charge on any atom is -0.351 e. The molecule has 1 aliphatic heterocycles. The van der Waals surface area contributed by atoms with Crippen molar-refractivity contribution in [1.29, 1.82) is 0 Å². The van der Waals surface area contributed by atoms with Crippen LogP contribution in [0.4, 0.5) is 10.5 Å². The fourth-order valence-corrected chi connectivity index (χ4v) is 3.25. The van der Waals surface area contributed by atoms with Crippen molar-refractivity contribution in [2.24, 2.45) is 5.73 Å². The van der Waals surface area contributed by atoms with Crippen molar-refractivity contribution in [3.8, 4) is 0 Å². The van der Waals surface area contributed by atoms with Crippen LogP contribution >= 0.6 is 23.2 Å². The van der Waals surface area contributed by atoms with Crippen molar-refractivity contribution < 1.29 is 4.79 Å². The maximum absolute atomic E-state index is 11.7. The summed E-state index contributed by atoms with van der Waals surface area (Å²) in [4.78, 5) is 17.8. The Bertz CT molecular complexity index is 518. The molecular formula is C15H22Cl2N4O. The Kier molecular flexibility index (Phi) is 5.92. The molecule has 122 valence electrons. The quantitative estimate of drug-likeness (QED) is 0.892. The van der Waals surface area contributed by atoms with Crippen molar-refractivity contribution >= 4 is 34.9 Å². The van der Waals surface area contributed by atoms with Crippen LogP contribution in [-0.2, 0) is 0 Å². The Morgan fingerprint density at radius 1 is 1.32 bits per heavy atom. The average molecular weight is 345 g/mol. The van der Waals surface area contributed by atoms with Crippen LogP contribution in [0.3, 0.4) is 0 Å². The molecule has 22 heavy (non-hydrogen) atoms. The molecule has 0 spiro atoms. The first-order valence-electron chi connectivity index (χ1n) is 7.28. The highest BCUT2D eigenvalue weighted by Gasteiger charge is 2.24. The second-order valence-corrected chi connectivity index (χ2v) is 6.70. The third-order valence-corrected chi connectivity index (χ3v) is 4.48. The summed E-state index contributed by atoms with van der Waals surface area (Å²) in [6, 6.07) is 5.10. The third kappa shape index (κ3) is 4.49. The van der Waals surface area contributed by atoms with E-state index in [-0.39, 0.29) is 0 Å². The molecule has 1 heterocycles. The van der Waals surface area contributed by atoms with E-state index >= 15 is 0 Å². The van der Waals surface area contributed by atoms with Gasteiger partial charge in [-0.25, -0.2) is 4.79 Å². The molecule has 5 nitrogen and oxygen atoms in total. The average Bonchev–Trinajstić information content (AvgIpc) is 2.86. The number of anilines is 1. The van der Waals surface area contributed by atoms with Gasteiger partial charge in [-0.05, 0) is 45.3 Å². The van der Waals surface area contributed by atoms with Gasteiger partial charge in [0.2, 0.25) is 0 Å². The SMILES string of the molecule is CN(C)[C@@H]1CCN(CCN(C(N)=O)c2cc(Cl)cc(Cl)c2)C1. The summed E-state index contributed by atoms with van der Waals surface area (Å²) < 4.78 is 0. The van der Waals surface area contributed by atoms with Crippen LogP contribution in [0, 0.1) is 0 Å². The number of benzene rings is 1. The van der Waals surface area contributed by atoms with Gasteiger partial charge in [0.25, 0.3) is 0 Å². The first-order valence-corrected chi connectivity index (χ1v) is 8.04. The van der Waals surface area contributed by atoms with Crippen molar-refractivity contribution in [3.63, 3.8) is 0 Å². The molecule has 0 unspecified atom stereocenters. The van der Waals surface area contributed by atoms with E-state index in [0.717, 1.165) is 26.1 Å². The molecule has 1 aromatic carbocycles. The predicted octanol–water partition coefficient (Wildman–Crippen LogP) is 2.51. The van der Waals surface area contributed by atoms with Gasteiger partial charge in [0.1, 0.15) is 0 Å². The number of halogens is 2. The molecule has 0 bridgehead atoms. The Balaban J connectivity index is 2.00. The monoisotopic (exact) mass is 344 g/mol. The molecule has 1 aromatic rings. The van der Waals surface area contributed by atoms with E-state index in [4.69, 9.17) is 28.9 Å². The molecule has 1 aliphatic rings. The number of carbonyl (C=O) groups excluding carboxylic acids is 1. The van der Waals surface area contributed by atoms with E-state index in [1.165, 1.54) is 4.90 Å². The maximum Gasteiger partial charge on any atom is 0.319 e. The van der Waals surface area contributed by atoms with Gasteiger partial charge in [0.05, 0.1) is 0 Å². The van der Waals surface area contributed by atoms with Crippen LogP contribution in [0.1, 0.15) is 6.42 Å². The summed E-state index contributed by atoms with van der Waals surface area (Å²) in [6.07, 6.45) is 1.15. The molecule has 1 saturated heterocycles. The van der Waals surface area contributed by atoms with Gasteiger partial charge in [-0.2, -0.15) is 0 Å². The highest BCUT2D eigenvalue weighted by Crippen LogP contribution is 2.25. The first kappa shape index (κ1) is 17.3. The smallest absolute Gasteiger partial charge is 0.319 e. The standard InChI is InChI=1S/C15H22Cl2N4O/c1-19(2)13-3-4-20(10-13)5-6-21(15(18)22)14-8-11(16)7-12(17)9-14/h7-9,13H,3-6,10H2,1-2H3,(H2,18,22)/t13-/m1/s1. The van der Waals surface area contributed by atoms with Crippen LogP contribution in [0.25, 0.3) is 0 Å². The van der Waals surface area contributed by atoms with Crippen LogP contribution in [0.2, 0.25) is 10.0 Å². The molecular weight excluding hydrogens is 323 g/mol. The molecule has 2 N–H and O–H groups in total. The minimum absolute atomic E-state index is 0.489. The van der Waals surface area contributed by atoms with Gasteiger partial charge in [-0.3, -0.25) is 9.80 Å². The Morgan fingerprint density at radius 2 is 1.95 bits per heavy atom. The fourth-order valence-electron chi connectivity index (χ4n) is 2.74. The maximum atomic E-state index is 11.7. The lowest BCUT2D eigenvalue weighted by molar-refractivity contribution is 0.250. The number of likely N-dealkylation sites (tertiary alicyclic amines) is 1. The molecule has 0 radical (unpaired) electrons. The summed E-state index contributed by atoms with van der Waals surface area (Å²) in [5, 5.41) is 0.977. The van der Waals surface area contributed by atoms with Crippen LogP contribution in [0.15, 0.2) is 18.2 Å². The summed E-state index contributed by atoms with van der Waals surface area (Å²) in [5.74, 6) is 0. The van der Waals surface area contributed by atoms with Crippen LogP contribution < -0.4 is 10.6 Å². The topological polar surface area (TPSA) is 52.8 Å². The van der Waals surface area contributed by atoms with Gasteiger partial charge in [-0.1, -0.05) is 23.2 Å². The minimum atomic E-state index is -0.498. The highest BCUT2D eigenvalue weighted by molar-refractivity contribution is 6.35. The second kappa shape index (κ2) is 7.51. The van der Waals surface area contributed by atoms with E-state index in [1.54, 1.807) is 18.2 Å². The van der Waals surface area contributed by atoms with Gasteiger partial charge >= 0.3 is 6.03 Å². The molecule has 2 rings (SSSR count). The zero-order chi connectivity index (χ0) is 16.3. The lowest BCUT2D eigenvalue weighted by Gasteiger charge is -2.25. The van der Waals surface area contributed by atoms with Crippen molar-refractivity contribution in [2.75, 3.05) is 45.2 Å². The van der Waals surface area contributed by atoms with Crippen LogP contribution in [0.5, 0.6) is 0 Å². The van der Waals surface area contributed by atoms with Gasteiger partial charge < -0.3 is 10.6 Å². The van der Waals surface area contributed by atoms with Gasteiger partial charge in [0.15, 0.2) is 0 Å². The normalized spacial score (nSPS) is 18.9. The summed E-state index contributed by atoms with van der Waals surface area (Å²) in [6.45, 7) is 3.34. The lowest BCUT2D eigenvalue weighted by Crippen LogP contribution is -2.42. The molecule has 0 aromatic heterocycles. The molecule has 7 heteroatoms. The van der Waals surface area contributed by atoms with Crippen molar-refractivity contribution in [2.45, 2.75) is 12.5 Å². The van der Waals surface area contributed by atoms with Gasteiger partial charge in [-0.15, -0.1) is 0 Å². The number of urea groups is 1. The molecule has 1 fully saturated rings. The Hall–Kier alpha value is -1.01. The number of likely N-dealkylation sites (N-methyl/N-ethyl adjacent to an activating group) is 1. The third-order valence-electron chi connectivity index (χ3n) is 4.04. The Morgan fingerprint density at radius 3 is 2.45 bits per heavy atom. The number of nitrogens with zero attached hydrogens (tertiary/aromatic N) is 3. The lowest BCUT2D eigenvalue weighted by atomic mass is 10.2. The number of carbonyl (C=O) groups is 1. The van der Waals surface area contributed by atoms with Crippen molar-refractivity contribution in [1.82, 2.24) is 9.80 Å². The first-order chi connectivity index (χ1) is 10.4. The summed E-state index contributed by atoms with van der Waals surface area (Å²) in [5.41, 5.74) is 6.14. The number of amides is 2. The van der Waals surface area contributed by atoms with E-state index in [0.29, 0.717) is 28.3 Å². The zero-order valence-electron chi connectivity index (χ0n) is 12.9. The fraction of sp³-hybridized carbons (Fsp3) is 0.533. The second-order valence-electron chi connectivity index (χ2n) is 5.82. The van der Waals surface area contributed by atoms with Crippen molar-refractivity contribution in [3.05, 3.63) is 28.2 Å². The number of nitrogens with two attached hydrogens (primary N) is 1. The van der Waals surface area contributed by atoms with Crippen LogP contribution in [-0.4, -0.2) is 62.1 Å². The molecule has 0 saturated carbocycles. The zero-order valence-corrected chi connectivity index (χ0v) is 14.4. The number of primary amides is 1. The number of hydrogen-bond acceptors (Lipinski definition) is 3. The molecule has 1 atom stereocenters. The van der Waals surface area contributed by atoms with E-state index < -0.39 is 6.03 Å². The molecule has 0 aliphatic carbocycles. The van der Waals surface area contributed by atoms with Gasteiger partial charge in [0, 0.05) is 41.4 Å².